The Morgan fingerprint density at radius 1 is 1.45 bits per heavy atom. The second-order valence-electron chi connectivity index (χ2n) is 2.57. The molecule has 2 nitrogen and oxygen atoms in total. The molecule has 0 unspecified atom stereocenters. The number of nitrogens with one attached hydrogen (secondary N) is 1. The number of fused-ring (bicyclic) bond motifs is 1. The summed E-state index contributed by atoms with van der Waals surface area (Å²) in [4.78, 5) is 7.10. The number of H-pyrrole nitrogens is 1. The normalized spacial score (nSPS) is 10.7. The van der Waals surface area contributed by atoms with Crippen molar-refractivity contribution in [3.05, 3.63) is 29.0 Å². The first-order valence-corrected chi connectivity index (χ1v) is 3.74. The number of rotatable bonds is 0. The van der Waals surface area contributed by atoms with Crippen molar-refractivity contribution in [2.75, 3.05) is 0 Å². The van der Waals surface area contributed by atoms with Gasteiger partial charge in [-0.3, -0.25) is 0 Å². The quantitative estimate of drug-likeness (QED) is 0.640. The highest BCUT2D eigenvalue weighted by molar-refractivity contribution is 6.30. The first kappa shape index (κ1) is 6.68. The molecule has 0 atom stereocenters. The molecule has 0 aromatic carbocycles. The first-order chi connectivity index (χ1) is 5.25. The predicted octanol–water partition coefficient (Wildman–Crippen LogP) is 2.52. The van der Waals surface area contributed by atoms with Crippen LogP contribution in [0.3, 0.4) is 0 Å². The molecule has 0 aliphatic rings. The number of aromatic nitrogens is 2. The van der Waals surface area contributed by atoms with Gasteiger partial charge in [0.25, 0.3) is 0 Å². The Hall–Kier alpha value is -1.02. The van der Waals surface area contributed by atoms with Gasteiger partial charge in [0.05, 0.1) is 0 Å². The van der Waals surface area contributed by atoms with Crippen LogP contribution >= 0.6 is 11.6 Å². The van der Waals surface area contributed by atoms with Gasteiger partial charge in [0.2, 0.25) is 0 Å². The lowest BCUT2D eigenvalue weighted by Crippen LogP contribution is -1.76. The van der Waals surface area contributed by atoms with Gasteiger partial charge in [-0.2, -0.15) is 0 Å². The Morgan fingerprint density at radius 3 is 3.09 bits per heavy atom. The molecule has 0 radical (unpaired) electrons. The van der Waals surface area contributed by atoms with E-state index in [0.717, 1.165) is 16.6 Å². The summed E-state index contributed by atoms with van der Waals surface area (Å²) in [5.41, 5.74) is 1.99. The highest BCUT2D eigenvalue weighted by Gasteiger charge is 1.98. The maximum atomic E-state index is 5.74. The maximum absolute atomic E-state index is 5.74. The van der Waals surface area contributed by atoms with Gasteiger partial charge in [0, 0.05) is 11.6 Å². The summed E-state index contributed by atoms with van der Waals surface area (Å²) in [5.74, 6) is 0. The average molecular weight is 167 g/mol. The summed E-state index contributed by atoms with van der Waals surface area (Å²) >= 11 is 5.74. The van der Waals surface area contributed by atoms with E-state index in [1.54, 1.807) is 0 Å². The maximum Gasteiger partial charge on any atom is 0.138 e. The fourth-order valence-corrected chi connectivity index (χ4v) is 1.30. The van der Waals surface area contributed by atoms with Crippen molar-refractivity contribution in [3.63, 3.8) is 0 Å². The fourth-order valence-electron chi connectivity index (χ4n) is 1.09. The third-order valence-electron chi connectivity index (χ3n) is 1.57. The van der Waals surface area contributed by atoms with Gasteiger partial charge in [0.15, 0.2) is 0 Å². The van der Waals surface area contributed by atoms with Crippen molar-refractivity contribution in [2.24, 2.45) is 0 Å². The molecular weight excluding hydrogens is 160 g/mol. The van der Waals surface area contributed by atoms with Crippen LogP contribution in [0.5, 0.6) is 0 Å². The van der Waals surface area contributed by atoms with Crippen LogP contribution in [0.2, 0.25) is 5.15 Å². The van der Waals surface area contributed by atoms with Crippen molar-refractivity contribution < 1.29 is 0 Å². The van der Waals surface area contributed by atoms with Crippen LogP contribution in [0.4, 0.5) is 0 Å². The Balaban J connectivity index is 2.82. The Bertz CT molecular complexity index is 392. The van der Waals surface area contributed by atoms with Crippen LogP contribution in [0.1, 0.15) is 5.56 Å². The second kappa shape index (κ2) is 2.24. The molecule has 2 aromatic heterocycles. The third kappa shape index (κ3) is 1.10. The number of aromatic amines is 1. The SMILES string of the molecule is Cc1cnc2[nH]c(Cl)cc2c1. The number of aryl methyl sites for hydroxylation is 1. The molecule has 0 aliphatic heterocycles. The Labute approximate surface area is 69.2 Å². The van der Waals surface area contributed by atoms with E-state index in [4.69, 9.17) is 11.6 Å². The summed E-state index contributed by atoms with van der Waals surface area (Å²) < 4.78 is 0. The molecule has 0 fully saturated rings. The molecule has 0 spiro atoms. The van der Waals surface area contributed by atoms with E-state index in [9.17, 15) is 0 Å². The Morgan fingerprint density at radius 2 is 2.27 bits per heavy atom. The highest BCUT2D eigenvalue weighted by Crippen LogP contribution is 2.17. The molecule has 11 heavy (non-hydrogen) atoms. The van der Waals surface area contributed by atoms with Gasteiger partial charge in [-0.25, -0.2) is 4.98 Å². The van der Waals surface area contributed by atoms with Crippen LogP contribution in [0.15, 0.2) is 18.3 Å². The lowest BCUT2D eigenvalue weighted by Gasteiger charge is -1.89. The van der Waals surface area contributed by atoms with Crippen molar-refractivity contribution in [2.45, 2.75) is 6.92 Å². The topological polar surface area (TPSA) is 28.7 Å². The molecule has 3 heteroatoms. The van der Waals surface area contributed by atoms with Crippen LogP contribution in [0, 0.1) is 6.92 Å². The van der Waals surface area contributed by atoms with E-state index in [0.29, 0.717) is 5.15 Å². The number of hydrogen-bond donors (Lipinski definition) is 1. The highest BCUT2D eigenvalue weighted by atomic mass is 35.5. The average Bonchev–Trinajstić information content (AvgIpc) is 2.27. The van der Waals surface area contributed by atoms with Gasteiger partial charge in [0.1, 0.15) is 10.8 Å². The minimum Gasteiger partial charge on any atom is -0.330 e. The molecule has 56 valence electrons. The summed E-state index contributed by atoms with van der Waals surface area (Å²) in [5, 5.41) is 1.70. The summed E-state index contributed by atoms with van der Waals surface area (Å²) in [7, 11) is 0. The lowest BCUT2D eigenvalue weighted by atomic mass is 10.2. The molecule has 1 N–H and O–H groups in total. The summed E-state index contributed by atoms with van der Waals surface area (Å²) in [6, 6.07) is 3.92. The van der Waals surface area contributed by atoms with Crippen molar-refractivity contribution >= 4 is 22.6 Å². The molecule has 2 aromatic rings. The largest absolute Gasteiger partial charge is 0.330 e. The van der Waals surface area contributed by atoms with Crippen LogP contribution in [-0.2, 0) is 0 Å². The van der Waals surface area contributed by atoms with E-state index in [1.807, 2.05) is 25.3 Å². The number of halogens is 1. The van der Waals surface area contributed by atoms with Gasteiger partial charge in [-0.05, 0) is 24.6 Å². The summed E-state index contributed by atoms with van der Waals surface area (Å²) in [6.45, 7) is 2.01. The minimum atomic E-state index is 0.637. The number of hydrogen-bond acceptors (Lipinski definition) is 1. The van der Waals surface area contributed by atoms with Crippen LogP contribution in [0.25, 0.3) is 11.0 Å². The van der Waals surface area contributed by atoms with Gasteiger partial charge in [-0.15, -0.1) is 0 Å². The molecule has 2 heterocycles. The van der Waals surface area contributed by atoms with Crippen molar-refractivity contribution in [3.8, 4) is 0 Å². The van der Waals surface area contributed by atoms with Gasteiger partial charge in [-0.1, -0.05) is 11.6 Å². The molecule has 0 saturated heterocycles. The van der Waals surface area contributed by atoms with Gasteiger partial charge < -0.3 is 4.98 Å². The van der Waals surface area contributed by atoms with E-state index < -0.39 is 0 Å². The van der Waals surface area contributed by atoms with Crippen molar-refractivity contribution in [1.82, 2.24) is 9.97 Å². The predicted molar refractivity (Wildman–Crippen MR) is 45.8 cm³/mol. The monoisotopic (exact) mass is 166 g/mol. The molecule has 0 saturated carbocycles. The molecule has 0 aliphatic carbocycles. The molecular formula is C8H7ClN2. The standard InChI is InChI=1S/C8H7ClN2/c1-5-2-6-3-7(9)11-8(6)10-4-5/h2-4H,1H3,(H,10,11). The van der Waals surface area contributed by atoms with E-state index in [-0.39, 0.29) is 0 Å². The fraction of sp³-hybridized carbons (Fsp3) is 0.125. The minimum absolute atomic E-state index is 0.637. The Kier molecular flexibility index (Phi) is 1.36. The smallest absolute Gasteiger partial charge is 0.138 e. The zero-order valence-electron chi connectivity index (χ0n) is 6.06. The number of pyridine rings is 1. The lowest BCUT2D eigenvalue weighted by molar-refractivity contribution is 1.29. The van der Waals surface area contributed by atoms with Crippen LogP contribution < -0.4 is 0 Å². The zero-order chi connectivity index (χ0) is 7.84. The van der Waals surface area contributed by atoms with Gasteiger partial charge >= 0.3 is 0 Å². The van der Waals surface area contributed by atoms with E-state index >= 15 is 0 Å². The zero-order valence-corrected chi connectivity index (χ0v) is 6.81. The summed E-state index contributed by atoms with van der Waals surface area (Å²) in [6.07, 6.45) is 1.81. The van der Waals surface area contributed by atoms with E-state index in [2.05, 4.69) is 9.97 Å². The van der Waals surface area contributed by atoms with E-state index in [1.165, 1.54) is 0 Å². The number of nitrogens with zero attached hydrogens (tertiary/aromatic N) is 1. The third-order valence-corrected chi connectivity index (χ3v) is 1.78. The van der Waals surface area contributed by atoms with Crippen LogP contribution in [-0.4, -0.2) is 9.97 Å². The first-order valence-electron chi connectivity index (χ1n) is 3.36. The molecule has 0 amide bonds. The van der Waals surface area contributed by atoms with Crippen molar-refractivity contribution in [1.29, 1.82) is 0 Å². The molecule has 0 bridgehead atoms. The second-order valence-corrected chi connectivity index (χ2v) is 2.97. The molecule has 2 rings (SSSR count).